The van der Waals surface area contributed by atoms with Crippen LogP contribution in [0.3, 0.4) is 0 Å². The molecule has 18 heavy (non-hydrogen) atoms. The molecule has 6 nitrogen and oxygen atoms in total. The summed E-state index contributed by atoms with van der Waals surface area (Å²) in [6, 6.07) is 3.70. The molecular weight excluding hydrogens is 232 g/mol. The number of rotatable bonds is 3. The molecule has 1 N–H and O–H groups in total. The molecule has 6 heteroatoms. The lowest BCUT2D eigenvalue weighted by molar-refractivity contribution is -0.389. The normalized spacial score (nSPS) is 20.2. The van der Waals surface area contributed by atoms with Crippen LogP contribution in [0.2, 0.25) is 0 Å². The number of aromatic nitrogens is 1. The van der Waals surface area contributed by atoms with E-state index in [2.05, 4.69) is 15.2 Å². The van der Waals surface area contributed by atoms with Crippen LogP contribution in [0.5, 0.6) is 0 Å². The van der Waals surface area contributed by atoms with Crippen LogP contribution < -0.4 is 10.2 Å². The summed E-state index contributed by atoms with van der Waals surface area (Å²) in [5.41, 5.74) is 0.938. The molecule has 0 aromatic carbocycles. The maximum atomic E-state index is 10.6. The largest absolute Gasteiger partial charge is 0.369 e. The summed E-state index contributed by atoms with van der Waals surface area (Å²) in [5.74, 6) is -0.102. The minimum absolute atomic E-state index is 0.102. The zero-order valence-electron chi connectivity index (χ0n) is 10.5. The maximum Gasteiger partial charge on any atom is 0.363 e. The summed E-state index contributed by atoms with van der Waals surface area (Å²) in [4.78, 5) is 16.1. The fourth-order valence-corrected chi connectivity index (χ4v) is 2.29. The molecule has 1 atom stereocenters. The molecule has 0 saturated carbocycles. The topological polar surface area (TPSA) is 71.3 Å². The fraction of sp³-hybridized carbons (Fsp3) is 0.583. The summed E-state index contributed by atoms with van der Waals surface area (Å²) in [7, 11) is 2.03. The Morgan fingerprint density at radius 2 is 2.28 bits per heavy atom. The molecule has 98 valence electrons. The molecule has 1 aliphatic heterocycles. The van der Waals surface area contributed by atoms with Crippen molar-refractivity contribution in [3.8, 4) is 0 Å². The smallest absolute Gasteiger partial charge is 0.363 e. The predicted octanol–water partition coefficient (Wildman–Crippen LogP) is 1.57. The lowest BCUT2D eigenvalue weighted by Crippen LogP contribution is -2.32. The van der Waals surface area contributed by atoms with Crippen LogP contribution in [0.4, 0.5) is 11.5 Å². The molecular formula is C12H18N4O2. The van der Waals surface area contributed by atoms with E-state index < -0.39 is 4.92 Å². The lowest BCUT2D eigenvalue weighted by Gasteiger charge is -2.27. The van der Waals surface area contributed by atoms with Gasteiger partial charge in [0.05, 0.1) is 5.69 Å². The van der Waals surface area contributed by atoms with Gasteiger partial charge in [-0.05, 0) is 48.3 Å². The van der Waals surface area contributed by atoms with Crippen LogP contribution in [0.1, 0.15) is 19.3 Å². The van der Waals surface area contributed by atoms with Crippen molar-refractivity contribution in [2.24, 2.45) is 0 Å². The Hall–Kier alpha value is -1.69. The van der Waals surface area contributed by atoms with Crippen LogP contribution in [-0.2, 0) is 0 Å². The number of hydrogen-bond donors (Lipinski definition) is 1. The van der Waals surface area contributed by atoms with Crippen molar-refractivity contribution in [3.05, 3.63) is 28.4 Å². The van der Waals surface area contributed by atoms with E-state index in [4.69, 9.17) is 0 Å². The van der Waals surface area contributed by atoms with Crippen LogP contribution >= 0.6 is 0 Å². The van der Waals surface area contributed by atoms with E-state index in [9.17, 15) is 10.1 Å². The second kappa shape index (κ2) is 5.77. The standard InChI is InChI=1S/C12H18N4O2/c1-15(10-3-2-7-13-8-6-10)11-4-5-12(14-9-11)16(17)18/h4-5,9-10,13H,2-3,6-8H2,1H3. The van der Waals surface area contributed by atoms with Gasteiger partial charge >= 0.3 is 5.82 Å². The molecule has 0 radical (unpaired) electrons. The lowest BCUT2D eigenvalue weighted by atomic mass is 10.1. The highest BCUT2D eigenvalue weighted by atomic mass is 16.6. The van der Waals surface area contributed by atoms with Crippen molar-refractivity contribution in [1.82, 2.24) is 10.3 Å². The number of anilines is 1. The summed E-state index contributed by atoms with van der Waals surface area (Å²) < 4.78 is 0. The summed E-state index contributed by atoms with van der Waals surface area (Å²) in [6.45, 7) is 2.10. The highest BCUT2D eigenvalue weighted by molar-refractivity contribution is 5.46. The Kier molecular flexibility index (Phi) is 4.09. The highest BCUT2D eigenvalue weighted by Gasteiger charge is 2.18. The third-order valence-electron chi connectivity index (χ3n) is 3.42. The molecule has 1 aliphatic rings. The van der Waals surface area contributed by atoms with Gasteiger partial charge in [0.25, 0.3) is 0 Å². The Labute approximate surface area is 106 Å². The zero-order chi connectivity index (χ0) is 13.0. The van der Waals surface area contributed by atoms with E-state index >= 15 is 0 Å². The van der Waals surface area contributed by atoms with Gasteiger partial charge in [-0.3, -0.25) is 0 Å². The van der Waals surface area contributed by atoms with E-state index in [1.54, 1.807) is 12.3 Å². The number of nitrogens with zero attached hydrogens (tertiary/aromatic N) is 3. The Morgan fingerprint density at radius 1 is 1.44 bits per heavy atom. The fourth-order valence-electron chi connectivity index (χ4n) is 2.29. The molecule has 1 aromatic heterocycles. The first-order valence-electron chi connectivity index (χ1n) is 6.22. The van der Waals surface area contributed by atoms with E-state index in [0.717, 1.165) is 38.0 Å². The third-order valence-corrected chi connectivity index (χ3v) is 3.42. The van der Waals surface area contributed by atoms with Gasteiger partial charge in [0.1, 0.15) is 0 Å². The molecule has 0 aliphatic carbocycles. The van der Waals surface area contributed by atoms with Crippen LogP contribution in [0.15, 0.2) is 18.3 Å². The van der Waals surface area contributed by atoms with Gasteiger partial charge in [-0.15, -0.1) is 0 Å². The average molecular weight is 250 g/mol. The predicted molar refractivity (Wildman–Crippen MR) is 69.8 cm³/mol. The first kappa shape index (κ1) is 12.8. The second-order valence-electron chi connectivity index (χ2n) is 4.58. The SMILES string of the molecule is CN(c1ccc([N+](=O)[O-])nc1)C1CCCNCC1. The average Bonchev–Trinajstić information content (AvgIpc) is 2.67. The minimum atomic E-state index is -0.473. The van der Waals surface area contributed by atoms with Crippen molar-refractivity contribution in [2.45, 2.75) is 25.3 Å². The Bertz CT molecular complexity index is 399. The van der Waals surface area contributed by atoms with E-state index in [1.807, 2.05) is 7.05 Å². The van der Waals surface area contributed by atoms with Crippen LogP contribution in [0, 0.1) is 10.1 Å². The van der Waals surface area contributed by atoms with E-state index in [0.29, 0.717) is 6.04 Å². The van der Waals surface area contributed by atoms with Gasteiger partial charge in [0, 0.05) is 19.2 Å². The summed E-state index contributed by atoms with van der Waals surface area (Å²) in [6.07, 6.45) is 4.97. The Balaban J connectivity index is 2.07. The van der Waals surface area contributed by atoms with Crippen molar-refractivity contribution in [3.63, 3.8) is 0 Å². The quantitative estimate of drug-likeness (QED) is 0.651. The molecule has 1 unspecified atom stereocenters. The molecule has 2 rings (SSSR count). The van der Waals surface area contributed by atoms with Crippen molar-refractivity contribution in [2.75, 3.05) is 25.0 Å². The maximum absolute atomic E-state index is 10.6. The van der Waals surface area contributed by atoms with Gasteiger partial charge in [-0.25, -0.2) is 0 Å². The third kappa shape index (κ3) is 2.95. The monoisotopic (exact) mass is 250 g/mol. The number of hydrogen-bond acceptors (Lipinski definition) is 5. The van der Waals surface area contributed by atoms with Crippen LogP contribution in [0.25, 0.3) is 0 Å². The number of nitrogens with one attached hydrogen (secondary N) is 1. The molecule has 0 spiro atoms. The van der Waals surface area contributed by atoms with Crippen LogP contribution in [-0.4, -0.2) is 36.1 Å². The first-order chi connectivity index (χ1) is 8.68. The van der Waals surface area contributed by atoms with Gasteiger partial charge < -0.3 is 20.3 Å². The van der Waals surface area contributed by atoms with E-state index in [-0.39, 0.29) is 5.82 Å². The molecule has 1 fully saturated rings. The van der Waals surface area contributed by atoms with Crippen molar-refractivity contribution >= 4 is 11.5 Å². The van der Waals surface area contributed by atoms with Gasteiger partial charge in [0.2, 0.25) is 0 Å². The molecule has 1 aromatic rings. The molecule has 0 bridgehead atoms. The first-order valence-corrected chi connectivity index (χ1v) is 6.22. The minimum Gasteiger partial charge on any atom is -0.369 e. The zero-order valence-corrected chi connectivity index (χ0v) is 10.5. The molecule has 1 saturated heterocycles. The second-order valence-corrected chi connectivity index (χ2v) is 4.58. The number of pyridine rings is 1. The molecule has 0 amide bonds. The van der Waals surface area contributed by atoms with Gasteiger partial charge in [-0.2, -0.15) is 0 Å². The number of nitro groups is 1. The van der Waals surface area contributed by atoms with Crippen molar-refractivity contribution < 1.29 is 4.92 Å². The molecule has 2 heterocycles. The summed E-state index contributed by atoms with van der Waals surface area (Å²) in [5, 5.41) is 13.9. The highest BCUT2D eigenvalue weighted by Crippen LogP contribution is 2.21. The summed E-state index contributed by atoms with van der Waals surface area (Å²) >= 11 is 0. The van der Waals surface area contributed by atoms with Crippen molar-refractivity contribution in [1.29, 1.82) is 0 Å². The van der Waals surface area contributed by atoms with Gasteiger partial charge in [-0.1, -0.05) is 0 Å². The Morgan fingerprint density at radius 3 is 2.94 bits per heavy atom. The van der Waals surface area contributed by atoms with E-state index in [1.165, 1.54) is 6.07 Å². The van der Waals surface area contributed by atoms with Gasteiger partial charge in [0.15, 0.2) is 6.20 Å².